The quantitative estimate of drug-likeness (QED) is 0.500. The first-order valence-corrected chi connectivity index (χ1v) is 7.26. The summed E-state index contributed by atoms with van der Waals surface area (Å²) in [4.78, 5) is 13.4. The molecule has 0 atom stereocenters. The largest absolute Gasteiger partial charge is 0.303 e. The Bertz CT molecular complexity index is 217. The van der Waals surface area contributed by atoms with Crippen LogP contribution in [0, 0.1) is 11.3 Å². The minimum Gasteiger partial charge on any atom is -0.303 e. The number of nitrogens with zero attached hydrogens (tertiary/aromatic N) is 1. The first-order chi connectivity index (χ1) is 8.07. The molecular weight excluding hydrogens is 210 g/mol. The fourth-order valence-corrected chi connectivity index (χ4v) is 2.73. The third-order valence-corrected chi connectivity index (χ3v) is 3.87. The summed E-state index contributed by atoms with van der Waals surface area (Å²) in [7, 11) is 0. The Morgan fingerprint density at radius 1 is 1.24 bits per heavy atom. The SMILES string of the molecule is CCCCCC1CCN(CC(C)(C)C=O)CC1. The second-order valence-corrected chi connectivity index (χ2v) is 6.32. The van der Waals surface area contributed by atoms with Gasteiger partial charge in [-0.15, -0.1) is 0 Å². The molecule has 1 rings (SSSR count). The van der Waals surface area contributed by atoms with Crippen molar-refractivity contribution in [3.63, 3.8) is 0 Å². The van der Waals surface area contributed by atoms with Crippen molar-refractivity contribution in [1.82, 2.24) is 4.90 Å². The Morgan fingerprint density at radius 3 is 2.41 bits per heavy atom. The van der Waals surface area contributed by atoms with E-state index in [2.05, 4.69) is 11.8 Å². The normalized spacial score (nSPS) is 19.5. The summed E-state index contributed by atoms with van der Waals surface area (Å²) < 4.78 is 0. The van der Waals surface area contributed by atoms with Crippen LogP contribution in [0.1, 0.15) is 59.3 Å². The molecule has 0 saturated carbocycles. The van der Waals surface area contributed by atoms with Crippen LogP contribution in [0.15, 0.2) is 0 Å². The van der Waals surface area contributed by atoms with Gasteiger partial charge in [0.05, 0.1) is 0 Å². The van der Waals surface area contributed by atoms with E-state index in [1.54, 1.807) is 0 Å². The number of rotatable bonds is 7. The molecule has 0 N–H and O–H groups in total. The molecule has 2 heteroatoms. The Balaban J connectivity index is 2.19. The molecule has 1 saturated heterocycles. The number of carbonyl (C=O) groups excluding carboxylic acids is 1. The van der Waals surface area contributed by atoms with Gasteiger partial charge in [0, 0.05) is 12.0 Å². The molecule has 0 aromatic rings. The van der Waals surface area contributed by atoms with E-state index in [9.17, 15) is 4.79 Å². The molecule has 0 aromatic carbocycles. The van der Waals surface area contributed by atoms with Gasteiger partial charge < -0.3 is 9.69 Å². The minimum absolute atomic E-state index is 0.172. The third kappa shape index (κ3) is 5.67. The molecule has 0 aliphatic carbocycles. The molecule has 0 aromatic heterocycles. The summed E-state index contributed by atoms with van der Waals surface area (Å²) in [6.45, 7) is 9.64. The standard InChI is InChI=1S/C15H29NO/c1-4-5-6-7-14-8-10-16(11-9-14)12-15(2,3)13-17/h13-14H,4-12H2,1-3H3. The lowest BCUT2D eigenvalue weighted by Gasteiger charge is -2.35. The van der Waals surface area contributed by atoms with Crippen molar-refractivity contribution in [3.05, 3.63) is 0 Å². The van der Waals surface area contributed by atoms with E-state index in [-0.39, 0.29) is 5.41 Å². The number of aldehydes is 1. The molecular formula is C15H29NO. The maximum Gasteiger partial charge on any atom is 0.126 e. The van der Waals surface area contributed by atoms with E-state index in [0.29, 0.717) is 0 Å². The van der Waals surface area contributed by atoms with Crippen LogP contribution in [-0.4, -0.2) is 30.8 Å². The number of hydrogen-bond acceptors (Lipinski definition) is 2. The molecule has 1 aliphatic rings. The number of hydrogen-bond donors (Lipinski definition) is 0. The predicted molar refractivity (Wildman–Crippen MR) is 73.2 cm³/mol. The van der Waals surface area contributed by atoms with E-state index in [4.69, 9.17) is 0 Å². The molecule has 0 unspecified atom stereocenters. The Morgan fingerprint density at radius 2 is 1.88 bits per heavy atom. The highest BCUT2D eigenvalue weighted by Gasteiger charge is 2.24. The lowest BCUT2D eigenvalue weighted by molar-refractivity contribution is -0.115. The molecule has 100 valence electrons. The summed E-state index contributed by atoms with van der Waals surface area (Å²) in [6, 6.07) is 0. The second-order valence-electron chi connectivity index (χ2n) is 6.32. The van der Waals surface area contributed by atoms with Gasteiger partial charge in [-0.2, -0.15) is 0 Å². The first-order valence-electron chi connectivity index (χ1n) is 7.26. The van der Waals surface area contributed by atoms with Gasteiger partial charge in [0.15, 0.2) is 0 Å². The Labute approximate surface area is 107 Å². The molecule has 1 heterocycles. The van der Waals surface area contributed by atoms with Crippen molar-refractivity contribution in [3.8, 4) is 0 Å². The lowest BCUT2D eigenvalue weighted by Crippen LogP contribution is -2.40. The topological polar surface area (TPSA) is 20.3 Å². The van der Waals surface area contributed by atoms with Crippen molar-refractivity contribution in [2.24, 2.45) is 11.3 Å². The van der Waals surface area contributed by atoms with Gasteiger partial charge in [0.25, 0.3) is 0 Å². The highest BCUT2D eigenvalue weighted by atomic mass is 16.1. The van der Waals surface area contributed by atoms with Gasteiger partial charge >= 0.3 is 0 Å². The molecule has 17 heavy (non-hydrogen) atoms. The average Bonchev–Trinajstić information content (AvgIpc) is 2.31. The molecule has 0 amide bonds. The zero-order valence-corrected chi connectivity index (χ0v) is 11.9. The minimum atomic E-state index is -0.172. The van der Waals surface area contributed by atoms with Crippen LogP contribution >= 0.6 is 0 Å². The molecule has 1 fully saturated rings. The van der Waals surface area contributed by atoms with Gasteiger partial charge in [-0.25, -0.2) is 0 Å². The third-order valence-electron chi connectivity index (χ3n) is 3.87. The fourth-order valence-electron chi connectivity index (χ4n) is 2.73. The average molecular weight is 239 g/mol. The highest BCUT2D eigenvalue weighted by molar-refractivity contribution is 5.58. The van der Waals surface area contributed by atoms with Crippen molar-refractivity contribution in [2.75, 3.05) is 19.6 Å². The van der Waals surface area contributed by atoms with Gasteiger partial charge in [-0.3, -0.25) is 0 Å². The smallest absolute Gasteiger partial charge is 0.126 e. The van der Waals surface area contributed by atoms with Crippen molar-refractivity contribution < 1.29 is 4.79 Å². The Kier molecular flexibility index (Phi) is 6.18. The van der Waals surface area contributed by atoms with Crippen LogP contribution in [0.3, 0.4) is 0 Å². The van der Waals surface area contributed by atoms with Gasteiger partial charge in [-0.1, -0.05) is 46.5 Å². The zero-order chi connectivity index (χ0) is 12.7. The van der Waals surface area contributed by atoms with Crippen molar-refractivity contribution in [1.29, 1.82) is 0 Å². The maximum absolute atomic E-state index is 10.9. The van der Waals surface area contributed by atoms with E-state index in [1.807, 2.05) is 13.8 Å². The van der Waals surface area contributed by atoms with E-state index < -0.39 is 0 Å². The predicted octanol–water partition coefficient (Wildman–Crippen LogP) is 3.50. The monoisotopic (exact) mass is 239 g/mol. The van der Waals surface area contributed by atoms with Crippen LogP contribution in [-0.2, 0) is 4.79 Å². The zero-order valence-electron chi connectivity index (χ0n) is 11.9. The molecule has 0 spiro atoms. The van der Waals surface area contributed by atoms with E-state index in [1.165, 1.54) is 51.6 Å². The maximum atomic E-state index is 10.9. The second kappa shape index (κ2) is 7.15. The summed E-state index contributed by atoms with van der Waals surface area (Å²) in [5, 5.41) is 0. The molecule has 0 radical (unpaired) electrons. The number of likely N-dealkylation sites (tertiary alicyclic amines) is 1. The van der Waals surface area contributed by atoms with E-state index in [0.717, 1.165) is 18.7 Å². The summed E-state index contributed by atoms with van der Waals surface area (Å²) in [5.41, 5.74) is -0.172. The van der Waals surface area contributed by atoms with Crippen LogP contribution in [0.2, 0.25) is 0 Å². The highest BCUT2D eigenvalue weighted by Crippen LogP contribution is 2.25. The first kappa shape index (κ1) is 14.7. The van der Waals surface area contributed by atoms with E-state index >= 15 is 0 Å². The fraction of sp³-hybridized carbons (Fsp3) is 0.933. The summed E-state index contributed by atoms with van der Waals surface area (Å²) in [5.74, 6) is 0.942. The molecule has 2 nitrogen and oxygen atoms in total. The van der Waals surface area contributed by atoms with Crippen LogP contribution < -0.4 is 0 Å². The summed E-state index contributed by atoms with van der Waals surface area (Å²) in [6.07, 6.45) is 9.29. The van der Waals surface area contributed by atoms with Gasteiger partial charge in [-0.05, 0) is 31.8 Å². The summed E-state index contributed by atoms with van der Waals surface area (Å²) >= 11 is 0. The number of unbranched alkanes of at least 4 members (excludes halogenated alkanes) is 2. The van der Waals surface area contributed by atoms with Gasteiger partial charge in [0.1, 0.15) is 6.29 Å². The van der Waals surface area contributed by atoms with Crippen molar-refractivity contribution >= 4 is 6.29 Å². The van der Waals surface area contributed by atoms with Crippen molar-refractivity contribution in [2.45, 2.75) is 59.3 Å². The molecule has 1 aliphatic heterocycles. The number of piperidine rings is 1. The number of carbonyl (C=O) groups is 1. The molecule has 0 bridgehead atoms. The van der Waals surface area contributed by atoms with Crippen LogP contribution in [0.5, 0.6) is 0 Å². The Hall–Kier alpha value is -0.370. The van der Waals surface area contributed by atoms with Crippen LogP contribution in [0.4, 0.5) is 0 Å². The van der Waals surface area contributed by atoms with Crippen LogP contribution in [0.25, 0.3) is 0 Å². The van der Waals surface area contributed by atoms with Gasteiger partial charge in [0.2, 0.25) is 0 Å². The lowest BCUT2D eigenvalue weighted by atomic mass is 9.89.